The summed E-state index contributed by atoms with van der Waals surface area (Å²) in [4.78, 5) is 36.5. The van der Waals surface area contributed by atoms with Crippen molar-refractivity contribution in [1.29, 1.82) is 0 Å². The minimum absolute atomic E-state index is 0.157. The molecular formula is C22H20N6O3S. The van der Waals surface area contributed by atoms with Crippen LogP contribution in [0.25, 0.3) is 16.7 Å². The molecule has 162 valence electrons. The van der Waals surface area contributed by atoms with Crippen molar-refractivity contribution in [2.45, 2.75) is 13.3 Å². The van der Waals surface area contributed by atoms with Crippen molar-refractivity contribution in [3.05, 3.63) is 59.3 Å². The van der Waals surface area contributed by atoms with E-state index in [1.54, 1.807) is 13.0 Å². The summed E-state index contributed by atoms with van der Waals surface area (Å²) < 4.78 is 6.61. The van der Waals surface area contributed by atoms with Crippen molar-refractivity contribution in [2.24, 2.45) is 4.99 Å². The Balaban J connectivity index is 1.46. The molecule has 1 amide bonds. The standard InChI is InChI=1S/C22H20N6O3S/c1-2-31-21(30)16-12-24-28(18-8-7-14-5-3-4-6-17(14)25-18)20(16)26-19(29)11-15-13-32-22-23-9-10-27(15)22/h3-8,12-13H,2,9-11H2,1H3,(H,26,29). The van der Waals surface area contributed by atoms with E-state index in [-0.39, 0.29) is 30.3 Å². The summed E-state index contributed by atoms with van der Waals surface area (Å²) >= 11 is 1.52. The number of nitrogens with one attached hydrogen (secondary N) is 1. The SMILES string of the molecule is CCOC(=O)c1cnn(-c2ccc3ccccc3n2)c1NC(=O)CC1=CSC2=NCCN12. The predicted octanol–water partition coefficient (Wildman–Crippen LogP) is 3.19. The topological polar surface area (TPSA) is 102 Å². The van der Waals surface area contributed by atoms with Crippen molar-refractivity contribution >= 4 is 45.5 Å². The minimum Gasteiger partial charge on any atom is -0.462 e. The third kappa shape index (κ3) is 3.73. The van der Waals surface area contributed by atoms with Gasteiger partial charge in [0.25, 0.3) is 0 Å². The number of fused-ring (bicyclic) bond motifs is 2. The highest BCUT2D eigenvalue weighted by atomic mass is 32.2. The summed E-state index contributed by atoms with van der Waals surface area (Å²) in [6.07, 6.45) is 1.55. The number of nitrogens with zero attached hydrogens (tertiary/aromatic N) is 5. The van der Waals surface area contributed by atoms with Gasteiger partial charge in [-0.05, 0) is 30.5 Å². The molecule has 2 aliphatic heterocycles. The maximum absolute atomic E-state index is 12.9. The average molecular weight is 449 g/mol. The maximum Gasteiger partial charge on any atom is 0.343 e. The van der Waals surface area contributed by atoms with Gasteiger partial charge in [0.05, 0.1) is 31.3 Å². The summed E-state index contributed by atoms with van der Waals surface area (Å²) in [5.41, 5.74) is 1.84. The highest BCUT2D eigenvalue weighted by Gasteiger charge is 2.28. The Morgan fingerprint density at radius 3 is 2.97 bits per heavy atom. The molecule has 1 aromatic carbocycles. The zero-order chi connectivity index (χ0) is 22.1. The molecule has 0 atom stereocenters. The van der Waals surface area contributed by atoms with Crippen LogP contribution in [-0.2, 0) is 9.53 Å². The van der Waals surface area contributed by atoms with Gasteiger partial charge in [-0.2, -0.15) is 9.78 Å². The third-order valence-corrected chi connectivity index (χ3v) is 6.06. The molecule has 1 N–H and O–H groups in total. The van der Waals surface area contributed by atoms with Gasteiger partial charge in [0.2, 0.25) is 5.91 Å². The monoisotopic (exact) mass is 448 g/mol. The highest BCUT2D eigenvalue weighted by molar-refractivity contribution is 8.16. The second kappa shape index (κ2) is 8.46. The van der Waals surface area contributed by atoms with Crippen molar-refractivity contribution < 1.29 is 14.3 Å². The lowest BCUT2D eigenvalue weighted by molar-refractivity contribution is -0.115. The van der Waals surface area contributed by atoms with Gasteiger partial charge in [0, 0.05) is 17.6 Å². The van der Waals surface area contributed by atoms with E-state index in [1.165, 1.54) is 22.6 Å². The molecule has 5 rings (SSSR count). The number of carbonyl (C=O) groups is 2. The van der Waals surface area contributed by atoms with Crippen LogP contribution < -0.4 is 5.32 Å². The van der Waals surface area contributed by atoms with Gasteiger partial charge >= 0.3 is 5.97 Å². The second-order valence-electron chi connectivity index (χ2n) is 7.17. The van der Waals surface area contributed by atoms with Crippen LogP contribution in [0, 0.1) is 0 Å². The van der Waals surface area contributed by atoms with E-state index in [9.17, 15) is 9.59 Å². The van der Waals surface area contributed by atoms with Crippen LogP contribution in [0.5, 0.6) is 0 Å². The van der Waals surface area contributed by atoms with Gasteiger partial charge in [-0.25, -0.2) is 9.78 Å². The number of amides is 1. The number of benzene rings is 1. The molecule has 0 saturated heterocycles. The van der Waals surface area contributed by atoms with Crippen LogP contribution >= 0.6 is 11.8 Å². The molecule has 0 saturated carbocycles. The Labute approximate surface area is 188 Å². The summed E-state index contributed by atoms with van der Waals surface area (Å²) in [7, 11) is 0. The van der Waals surface area contributed by atoms with E-state index in [4.69, 9.17) is 4.74 Å². The molecule has 2 aliphatic rings. The first-order valence-electron chi connectivity index (χ1n) is 10.2. The fourth-order valence-corrected chi connectivity index (χ4v) is 4.58. The molecule has 3 aromatic rings. The molecule has 0 bridgehead atoms. The first kappa shape index (κ1) is 20.3. The lowest BCUT2D eigenvalue weighted by Gasteiger charge is -2.16. The quantitative estimate of drug-likeness (QED) is 0.578. The molecule has 32 heavy (non-hydrogen) atoms. The molecule has 10 heteroatoms. The summed E-state index contributed by atoms with van der Waals surface area (Å²) in [5.74, 6) is -0.102. The molecule has 0 radical (unpaired) electrons. The van der Waals surface area contributed by atoms with Crippen LogP contribution in [0.1, 0.15) is 23.7 Å². The van der Waals surface area contributed by atoms with Gasteiger partial charge < -0.3 is 15.0 Å². The average Bonchev–Trinajstić information content (AvgIpc) is 3.51. The minimum atomic E-state index is -0.556. The number of pyridine rings is 1. The summed E-state index contributed by atoms with van der Waals surface area (Å²) in [5, 5.41) is 11.0. The summed E-state index contributed by atoms with van der Waals surface area (Å²) in [6, 6.07) is 11.4. The molecule has 2 aromatic heterocycles. The van der Waals surface area contributed by atoms with E-state index >= 15 is 0 Å². The number of para-hydroxylation sites is 1. The third-order valence-electron chi connectivity index (χ3n) is 5.11. The van der Waals surface area contributed by atoms with E-state index in [0.29, 0.717) is 5.82 Å². The second-order valence-corrected chi connectivity index (χ2v) is 8.01. The number of carbonyl (C=O) groups excluding carboxylic acids is 2. The predicted molar refractivity (Wildman–Crippen MR) is 123 cm³/mol. The van der Waals surface area contributed by atoms with Crippen molar-refractivity contribution in [3.63, 3.8) is 0 Å². The number of hydrogen-bond donors (Lipinski definition) is 1. The van der Waals surface area contributed by atoms with Crippen LogP contribution in [-0.4, -0.2) is 56.4 Å². The lowest BCUT2D eigenvalue weighted by Crippen LogP contribution is -2.25. The maximum atomic E-state index is 12.9. The van der Waals surface area contributed by atoms with E-state index < -0.39 is 5.97 Å². The first-order valence-corrected chi connectivity index (χ1v) is 11.1. The Morgan fingerprint density at radius 1 is 1.22 bits per heavy atom. The van der Waals surface area contributed by atoms with Gasteiger partial charge in [0.15, 0.2) is 16.8 Å². The smallest absolute Gasteiger partial charge is 0.343 e. The number of esters is 1. The molecule has 9 nitrogen and oxygen atoms in total. The lowest BCUT2D eigenvalue weighted by atomic mass is 10.2. The molecule has 0 unspecified atom stereocenters. The van der Waals surface area contributed by atoms with E-state index in [0.717, 1.165) is 34.9 Å². The van der Waals surface area contributed by atoms with Gasteiger partial charge in [0.1, 0.15) is 5.56 Å². The number of ether oxygens (including phenoxy) is 1. The first-order chi connectivity index (χ1) is 15.6. The number of aliphatic imine (C=N–C) groups is 1. The zero-order valence-electron chi connectivity index (χ0n) is 17.3. The number of thioether (sulfide) groups is 1. The van der Waals surface area contributed by atoms with Crippen LogP contribution in [0.4, 0.5) is 5.82 Å². The number of rotatable bonds is 6. The Morgan fingerprint density at radius 2 is 2.09 bits per heavy atom. The summed E-state index contributed by atoms with van der Waals surface area (Å²) in [6.45, 7) is 3.45. The van der Waals surface area contributed by atoms with Crippen LogP contribution in [0.15, 0.2) is 58.7 Å². The van der Waals surface area contributed by atoms with Crippen molar-refractivity contribution in [2.75, 3.05) is 25.0 Å². The Kier molecular flexibility index (Phi) is 5.36. The van der Waals surface area contributed by atoms with E-state index in [1.807, 2.05) is 40.6 Å². The Hall–Kier alpha value is -3.66. The van der Waals surface area contributed by atoms with Gasteiger partial charge in [-0.1, -0.05) is 30.0 Å². The Bertz CT molecular complexity index is 1280. The molecule has 0 aliphatic carbocycles. The molecule has 0 spiro atoms. The highest BCUT2D eigenvalue weighted by Crippen LogP contribution is 2.31. The number of anilines is 1. The normalized spacial score (nSPS) is 14.8. The fraction of sp³-hybridized carbons (Fsp3) is 0.227. The number of amidine groups is 1. The van der Waals surface area contributed by atoms with Crippen molar-refractivity contribution in [3.8, 4) is 5.82 Å². The molecule has 4 heterocycles. The molecular weight excluding hydrogens is 428 g/mol. The van der Waals surface area contributed by atoms with Gasteiger partial charge in [-0.3, -0.25) is 9.79 Å². The molecule has 0 fully saturated rings. The number of aromatic nitrogens is 3. The van der Waals surface area contributed by atoms with Gasteiger partial charge in [-0.15, -0.1) is 0 Å². The fourth-order valence-electron chi connectivity index (χ4n) is 3.63. The number of hydrogen-bond acceptors (Lipinski definition) is 8. The van der Waals surface area contributed by atoms with Crippen LogP contribution in [0.2, 0.25) is 0 Å². The van der Waals surface area contributed by atoms with Crippen molar-refractivity contribution in [1.82, 2.24) is 19.7 Å². The van der Waals surface area contributed by atoms with E-state index in [2.05, 4.69) is 20.4 Å². The zero-order valence-corrected chi connectivity index (χ0v) is 18.1. The largest absolute Gasteiger partial charge is 0.462 e. The van der Waals surface area contributed by atoms with Crippen LogP contribution in [0.3, 0.4) is 0 Å².